The van der Waals surface area contributed by atoms with Crippen molar-refractivity contribution in [1.29, 1.82) is 0 Å². The number of carbonyl (C=O) groups is 1. The summed E-state index contributed by atoms with van der Waals surface area (Å²) in [4.78, 5) is 14.4. The first-order valence-electron chi connectivity index (χ1n) is 7.38. The van der Waals surface area contributed by atoms with E-state index in [1.807, 2.05) is 42.5 Å². The first-order chi connectivity index (χ1) is 10.5. The lowest BCUT2D eigenvalue weighted by molar-refractivity contribution is -0.139. The van der Waals surface area contributed by atoms with Crippen LogP contribution in [-0.4, -0.2) is 22.2 Å². The number of fused-ring (bicyclic) bond motifs is 1. The third-order valence-corrected chi connectivity index (χ3v) is 4.01. The normalized spacial score (nSPS) is 21.8. The van der Waals surface area contributed by atoms with E-state index < -0.39 is 11.7 Å². The summed E-state index contributed by atoms with van der Waals surface area (Å²) in [6.45, 7) is 1.98. The highest BCUT2D eigenvalue weighted by atomic mass is 16.3. The first kappa shape index (κ1) is 14.8. The smallest absolute Gasteiger partial charge is 0.264 e. The maximum atomic E-state index is 12.8. The molecule has 1 aliphatic heterocycles. The Morgan fingerprint density at radius 3 is 2.41 bits per heavy atom. The highest BCUT2D eigenvalue weighted by Crippen LogP contribution is 2.43. The van der Waals surface area contributed by atoms with Crippen LogP contribution in [0.5, 0.6) is 0 Å². The van der Waals surface area contributed by atoms with Crippen LogP contribution in [0.25, 0.3) is 0 Å². The number of aliphatic hydroxyl groups excluding tert-OH is 1. The van der Waals surface area contributed by atoms with E-state index in [-0.39, 0.29) is 12.3 Å². The second-order valence-electron chi connectivity index (χ2n) is 5.81. The number of hydrogen-bond donors (Lipinski definition) is 2. The zero-order chi connectivity index (χ0) is 15.7. The molecule has 0 fully saturated rings. The molecule has 0 saturated carbocycles. The summed E-state index contributed by atoms with van der Waals surface area (Å²) in [7, 11) is 0. The number of benzene rings is 2. The quantitative estimate of drug-likeness (QED) is 0.909. The Balaban J connectivity index is 2.01. The van der Waals surface area contributed by atoms with E-state index in [4.69, 9.17) is 0 Å². The molecule has 22 heavy (non-hydrogen) atoms. The number of nitrogens with zero attached hydrogens (tertiary/aromatic N) is 1. The Morgan fingerprint density at radius 2 is 1.73 bits per heavy atom. The van der Waals surface area contributed by atoms with Crippen LogP contribution in [0.1, 0.15) is 24.5 Å². The predicted octanol–water partition coefficient (Wildman–Crippen LogP) is 2.19. The van der Waals surface area contributed by atoms with Crippen molar-refractivity contribution in [2.24, 2.45) is 0 Å². The van der Waals surface area contributed by atoms with Crippen LogP contribution in [0.15, 0.2) is 54.6 Å². The molecular formula is C18H19NO3. The van der Waals surface area contributed by atoms with Crippen molar-refractivity contribution < 1.29 is 15.0 Å². The molecule has 1 heterocycles. The van der Waals surface area contributed by atoms with Gasteiger partial charge in [0, 0.05) is 12.0 Å². The summed E-state index contributed by atoms with van der Waals surface area (Å²) in [5.41, 5.74) is 0.614. The Hall–Kier alpha value is -2.17. The Kier molecular flexibility index (Phi) is 3.72. The molecule has 2 N–H and O–H groups in total. The van der Waals surface area contributed by atoms with Gasteiger partial charge in [-0.1, -0.05) is 48.5 Å². The van der Waals surface area contributed by atoms with E-state index in [9.17, 15) is 15.0 Å². The standard InChI is InChI=1S/C18H19NO3/c1-13(20)11-18(22)15-9-5-6-10-16(15)19(17(18)21)12-14-7-3-2-4-8-14/h2-10,13,20,22H,11-12H2,1H3/t13-,18-/m1/s1. The third kappa shape index (κ3) is 2.40. The fraction of sp³-hybridized carbons (Fsp3) is 0.278. The van der Waals surface area contributed by atoms with Crippen LogP contribution in [0.4, 0.5) is 5.69 Å². The molecule has 0 spiro atoms. The molecule has 4 heteroatoms. The van der Waals surface area contributed by atoms with Crippen molar-refractivity contribution in [3.63, 3.8) is 0 Å². The number of para-hydroxylation sites is 1. The number of amides is 1. The van der Waals surface area contributed by atoms with Crippen LogP contribution >= 0.6 is 0 Å². The summed E-state index contributed by atoms with van der Waals surface area (Å²) in [5, 5.41) is 20.5. The second kappa shape index (κ2) is 5.55. The maximum Gasteiger partial charge on any atom is 0.264 e. The molecule has 0 bridgehead atoms. The zero-order valence-electron chi connectivity index (χ0n) is 12.4. The summed E-state index contributed by atoms with van der Waals surface area (Å²) in [5.74, 6) is -0.376. The summed E-state index contributed by atoms with van der Waals surface area (Å²) < 4.78 is 0. The monoisotopic (exact) mass is 297 g/mol. The number of anilines is 1. The van der Waals surface area contributed by atoms with Crippen molar-refractivity contribution in [2.45, 2.75) is 31.6 Å². The van der Waals surface area contributed by atoms with E-state index in [2.05, 4.69) is 0 Å². The molecule has 3 rings (SSSR count). The molecule has 2 aromatic rings. The van der Waals surface area contributed by atoms with Gasteiger partial charge in [-0.05, 0) is 18.6 Å². The van der Waals surface area contributed by atoms with Crippen molar-refractivity contribution >= 4 is 11.6 Å². The highest BCUT2D eigenvalue weighted by molar-refractivity contribution is 6.06. The minimum atomic E-state index is -1.65. The highest BCUT2D eigenvalue weighted by Gasteiger charge is 2.49. The molecule has 0 saturated heterocycles. The van der Waals surface area contributed by atoms with Crippen molar-refractivity contribution in [3.8, 4) is 0 Å². The Bertz CT molecular complexity index is 684. The van der Waals surface area contributed by atoms with Gasteiger partial charge in [-0.25, -0.2) is 0 Å². The van der Waals surface area contributed by atoms with Crippen molar-refractivity contribution in [1.82, 2.24) is 0 Å². The first-order valence-corrected chi connectivity index (χ1v) is 7.38. The minimum Gasteiger partial charge on any atom is -0.393 e. The number of hydrogen-bond acceptors (Lipinski definition) is 3. The molecular weight excluding hydrogens is 278 g/mol. The fourth-order valence-electron chi connectivity index (χ4n) is 3.05. The Labute approximate surface area is 129 Å². The van der Waals surface area contributed by atoms with Gasteiger partial charge < -0.3 is 15.1 Å². The molecule has 1 amide bonds. The SMILES string of the molecule is C[C@@H](O)C[C@]1(O)C(=O)N(Cc2ccccc2)c2ccccc21. The van der Waals surface area contributed by atoms with E-state index in [1.165, 1.54) is 0 Å². The van der Waals surface area contributed by atoms with Gasteiger partial charge in [0.1, 0.15) is 0 Å². The Morgan fingerprint density at radius 1 is 1.09 bits per heavy atom. The van der Waals surface area contributed by atoms with Crippen LogP contribution in [-0.2, 0) is 16.9 Å². The van der Waals surface area contributed by atoms with Gasteiger partial charge in [0.25, 0.3) is 5.91 Å². The molecule has 2 aromatic carbocycles. The molecule has 2 atom stereocenters. The third-order valence-electron chi connectivity index (χ3n) is 4.01. The van der Waals surface area contributed by atoms with Crippen molar-refractivity contribution in [3.05, 3.63) is 65.7 Å². The zero-order valence-corrected chi connectivity index (χ0v) is 12.4. The molecule has 114 valence electrons. The molecule has 4 nitrogen and oxygen atoms in total. The average molecular weight is 297 g/mol. The molecule has 0 aliphatic carbocycles. The predicted molar refractivity (Wildman–Crippen MR) is 84.3 cm³/mol. The van der Waals surface area contributed by atoms with Crippen LogP contribution in [0.3, 0.4) is 0 Å². The van der Waals surface area contributed by atoms with E-state index in [0.29, 0.717) is 17.8 Å². The fourth-order valence-corrected chi connectivity index (χ4v) is 3.05. The molecule has 0 radical (unpaired) electrons. The van der Waals surface area contributed by atoms with Crippen molar-refractivity contribution in [2.75, 3.05) is 4.90 Å². The summed E-state index contributed by atoms with van der Waals surface area (Å²) >= 11 is 0. The van der Waals surface area contributed by atoms with Gasteiger partial charge in [0.05, 0.1) is 18.3 Å². The number of rotatable bonds is 4. The minimum absolute atomic E-state index is 0.00582. The summed E-state index contributed by atoms with van der Waals surface area (Å²) in [6.07, 6.45) is -0.771. The van der Waals surface area contributed by atoms with Crippen LogP contribution < -0.4 is 4.90 Å². The van der Waals surface area contributed by atoms with Crippen LogP contribution in [0, 0.1) is 0 Å². The van der Waals surface area contributed by atoms with Gasteiger partial charge in [0.2, 0.25) is 0 Å². The number of aliphatic hydroxyl groups is 2. The lowest BCUT2D eigenvalue weighted by Gasteiger charge is -2.24. The lowest BCUT2D eigenvalue weighted by atomic mass is 9.90. The van der Waals surface area contributed by atoms with Gasteiger partial charge in [-0.3, -0.25) is 4.79 Å². The van der Waals surface area contributed by atoms with E-state index >= 15 is 0 Å². The van der Waals surface area contributed by atoms with Gasteiger partial charge in [-0.2, -0.15) is 0 Å². The largest absolute Gasteiger partial charge is 0.393 e. The molecule has 0 unspecified atom stereocenters. The lowest BCUT2D eigenvalue weighted by Crippen LogP contribution is -2.41. The van der Waals surface area contributed by atoms with Gasteiger partial charge in [0.15, 0.2) is 5.60 Å². The van der Waals surface area contributed by atoms with Crippen LogP contribution in [0.2, 0.25) is 0 Å². The number of carbonyl (C=O) groups excluding carboxylic acids is 1. The topological polar surface area (TPSA) is 60.8 Å². The van der Waals surface area contributed by atoms with E-state index in [0.717, 1.165) is 5.56 Å². The maximum absolute atomic E-state index is 12.8. The second-order valence-corrected chi connectivity index (χ2v) is 5.81. The average Bonchev–Trinajstić information content (AvgIpc) is 2.70. The molecule has 0 aromatic heterocycles. The summed E-state index contributed by atoms with van der Waals surface area (Å²) in [6, 6.07) is 16.9. The van der Waals surface area contributed by atoms with E-state index in [1.54, 1.807) is 24.0 Å². The molecule has 1 aliphatic rings. The van der Waals surface area contributed by atoms with Gasteiger partial charge >= 0.3 is 0 Å². The van der Waals surface area contributed by atoms with Gasteiger partial charge in [-0.15, -0.1) is 0 Å².